The van der Waals surface area contributed by atoms with Crippen LogP contribution in [0.3, 0.4) is 0 Å². The van der Waals surface area contributed by atoms with Crippen LogP contribution < -0.4 is 5.32 Å². The summed E-state index contributed by atoms with van der Waals surface area (Å²) in [6.45, 7) is 5.34. The molecule has 1 N–H and O–H groups in total. The predicted molar refractivity (Wildman–Crippen MR) is 101 cm³/mol. The number of thiazole rings is 1. The van der Waals surface area contributed by atoms with E-state index < -0.39 is 11.9 Å². The number of nitriles is 1. The topological polar surface area (TPSA) is 92.1 Å². The van der Waals surface area contributed by atoms with Crippen LogP contribution in [-0.4, -0.2) is 23.5 Å². The first-order valence-corrected chi connectivity index (χ1v) is 9.98. The maximum atomic E-state index is 12.2. The van der Waals surface area contributed by atoms with Gasteiger partial charge in [-0.1, -0.05) is 6.92 Å². The fraction of sp³-hybridized carbons (Fsp3) is 0.444. The minimum absolute atomic E-state index is 0.390. The Bertz CT molecular complexity index is 908. The van der Waals surface area contributed by atoms with Gasteiger partial charge in [-0.2, -0.15) is 5.26 Å². The number of thiophene rings is 1. The van der Waals surface area contributed by atoms with Gasteiger partial charge in [0.2, 0.25) is 0 Å². The molecule has 1 amide bonds. The lowest BCUT2D eigenvalue weighted by Crippen LogP contribution is -2.20. The van der Waals surface area contributed by atoms with Crippen LogP contribution in [0.2, 0.25) is 0 Å². The van der Waals surface area contributed by atoms with Crippen molar-refractivity contribution in [2.45, 2.75) is 40.0 Å². The molecule has 0 aromatic carbocycles. The number of amides is 1. The smallest absolute Gasteiger partial charge is 0.350 e. The summed E-state index contributed by atoms with van der Waals surface area (Å²) < 4.78 is 5.09. The van der Waals surface area contributed by atoms with E-state index in [4.69, 9.17) is 4.74 Å². The highest BCUT2D eigenvalue weighted by atomic mass is 32.1. The van der Waals surface area contributed by atoms with Gasteiger partial charge in [0.25, 0.3) is 5.91 Å². The fourth-order valence-electron chi connectivity index (χ4n) is 3.04. The Morgan fingerprint density at radius 2 is 2.15 bits per heavy atom. The van der Waals surface area contributed by atoms with Crippen LogP contribution in [0.25, 0.3) is 0 Å². The summed E-state index contributed by atoms with van der Waals surface area (Å²) >= 11 is 2.70. The van der Waals surface area contributed by atoms with E-state index in [0.717, 1.165) is 29.8 Å². The van der Waals surface area contributed by atoms with E-state index in [0.29, 0.717) is 27.1 Å². The molecule has 26 heavy (non-hydrogen) atoms. The Kier molecular flexibility index (Phi) is 5.39. The molecule has 8 heteroatoms. The monoisotopic (exact) mass is 389 g/mol. The van der Waals surface area contributed by atoms with Crippen LogP contribution in [0.1, 0.15) is 49.7 Å². The molecule has 2 heterocycles. The number of esters is 1. The third kappa shape index (κ3) is 3.79. The second-order valence-corrected chi connectivity index (χ2v) is 8.75. The average Bonchev–Trinajstić information content (AvgIpc) is 3.10. The first-order chi connectivity index (χ1) is 12.4. The molecule has 2 aromatic heterocycles. The van der Waals surface area contributed by atoms with Crippen molar-refractivity contribution in [3.05, 3.63) is 31.6 Å². The first-order valence-electron chi connectivity index (χ1n) is 8.34. The number of aromatic nitrogens is 1. The largest absolute Gasteiger partial charge is 0.451 e. The molecular weight excluding hydrogens is 370 g/mol. The van der Waals surface area contributed by atoms with E-state index in [-0.39, 0.29) is 6.61 Å². The zero-order valence-electron chi connectivity index (χ0n) is 14.8. The molecular formula is C18H19N3O3S2. The van der Waals surface area contributed by atoms with Crippen LogP contribution in [0, 0.1) is 31.1 Å². The van der Waals surface area contributed by atoms with Gasteiger partial charge in [0.1, 0.15) is 15.9 Å². The molecule has 0 aliphatic heterocycles. The lowest BCUT2D eigenvalue weighted by atomic mass is 9.89. The maximum absolute atomic E-state index is 12.2. The van der Waals surface area contributed by atoms with Crippen molar-refractivity contribution in [2.75, 3.05) is 11.9 Å². The minimum atomic E-state index is -0.553. The number of hydrogen-bond acceptors (Lipinski definition) is 7. The van der Waals surface area contributed by atoms with Gasteiger partial charge in [-0.15, -0.1) is 22.7 Å². The van der Waals surface area contributed by atoms with Gasteiger partial charge in [-0.25, -0.2) is 9.78 Å². The molecule has 0 radical (unpaired) electrons. The number of rotatable bonds is 4. The molecule has 3 rings (SSSR count). The zero-order valence-corrected chi connectivity index (χ0v) is 16.5. The summed E-state index contributed by atoms with van der Waals surface area (Å²) in [6, 6.07) is 2.21. The molecule has 1 aliphatic rings. The van der Waals surface area contributed by atoms with Crippen molar-refractivity contribution in [1.29, 1.82) is 5.26 Å². The second-order valence-electron chi connectivity index (χ2n) is 6.44. The van der Waals surface area contributed by atoms with Crippen LogP contribution in [-0.2, 0) is 22.4 Å². The van der Waals surface area contributed by atoms with Gasteiger partial charge in [-0.3, -0.25) is 4.79 Å². The third-order valence-electron chi connectivity index (χ3n) is 4.30. The average molecular weight is 390 g/mol. The number of carbonyl (C=O) groups is 2. The van der Waals surface area contributed by atoms with Crippen molar-refractivity contribution in [3.8, 4) is 6.07 Å². The summed E-state index contributed by atoms with van der Waals surface area (Å²) in [5.41, 5.74) is 2.20. The van der Waals surface area contributed by atoms with E-state index >= 15 is 0 Å². The van der Waals surface area contributed by atoms with Crippen LogP contribution in [0.15, 0.2) is 0 Å². The van der Waals surface area contributed by atoms with E-state index in [9.17, 15) is 14.9 Å². The molecule has 2 aromatic rings. The first kappa shape index (κ1) is 18.5. The number of nitrogens with one attached hydrogen (secondary N) is 1. The Hall–Kier alpha value is -2.24. The molecule has 0 bridgehead atoms. The van der Waals surface area contributed by atoms with Crippen molar-refractivity contribution in [1.82, 2.24) is 4.98 Å². The summed E-state index contributed by atoms with van der Waals surface area (Å²) in [6.07, 6.45) is 2.85. The third-order valence-corrected chi connectivity index (χ3v) is 6.52. The number of hydrogen-bond donors (Lipinski definition) is 1. The number of anilines is 1. The van der Waals surface area contributed by atoms with Crippen molar-refractivity contribution in [3.63, 3.8) is 0 Å². The number of nitrogens with zero attached hydrogens (tertiary/aromatic N) is 2. The second kappa shape index (κ2) is 7.56. The van der Waals surface area contributed by atoms with Crippen LogP contribution >= 0.6 is 22.7 Å². The summed E-state index contributed by atoms with van der Waals surface area (Å²) in [5.74, 6) is -0.410. The lowest BCUT2D eigenvalue weighted by Gasteiger charge is -2.17. The molecule has 1 atom stereocenters. The lowest BCUT2D eigenvalue weighted by molar-refractivity contribution is -0.119. The van der Waals surface area contributed by atoms with E-state index in [1.54, 1.807) is 6.92 Å². The number of ether oxygens (including phenoxy) is 1. The quantitative estimate of drug-likeness (QED) is 0.807. The van der Waals surface area contributed by atoms with Crippen molar-refractivity contribution in [2.24, 2.45) is 5.92 Å². The molecule has 136 valence electrons. The molecule has 0 unspecified atom stereocenters. The standard InChI is InChI=1S/C18H19N3O3S2/c1-9-4-5-12-13(7-19)17(26-14(12)6-9)21-15(22)8-24-18(23)16-10(2)20-11(3)25-16/h9H,4-6,8H2,1-3H3,(H,21,22)/t9-/m0/s1. The normalized spacial score (nSPS) is 15.8. The highest BCUT2D eigenvalue weighted by Crippen LogP contribution is 2.39. The Morgan fingerprint density at radius 1 is 1.38 bits per heavy atom. The van der Waals surface area contributed by atoms with Gasteiger partial charge >= 0.3 is 5.97 Å². The maximum Gasteiger partial charge on any atom is 0.350 e. The Morgan fingerprint density at radius 3 is 2.81 bits per heavy atom. The number of fused-ring (bicyclic) bond motifs is 1. The highest BCUT2D eigenvalue weighted by Gasteiger charge is 2.25. The van der Waals surface area contributed by atoms with E-state index in [2.05, 4.69) is 23.3 Å². The Balaban J connectivity index is 1.65. The molecule has 6 nitrogen and oxygen atoms in total. The van der Waals surface area contributed by atoms with Crippen molar-refractivity contribution >= 4 is 39.6 Å². The van der Waals surface area contributed by atoms with Gasteiger partial charge < -0.3 is 10.1 Å². The summed E-state index contributed by atoms with van der Waals surface area (Å²) in [7, 11) is 0. The summed E-state index contributed by atoms with van der Waals surface area (Å²) in [4.78, 5) is 30.0. The SMILES string of the molecule is Cc1nc(C)c(C(=O)OCC(=O)Nc2sc3c(c2C#N)CC[C@H](C)C3)s1. The summed E-state index contributed by atoms with van der Waals surface area (Å²) in [5, 5.41) is 13.5. The highest BCUT2D eigenvalue weighted by molar-refractivity contribution is 7.16. The fourth-order valence-corrected chi connectivity index (χ4v) is 5.23. The van der Waals surface area contributed by atoms with Gasteiger partial charge in [0.15, 0.2) is 6.61 Å². The Labute approximate surface area is 159 Å². The minimum Gasteiger partial charge on any atom is -0.451 e. The molecule has 1 aliphatic carbocycles. The van der Waals surface area contributed by atoms with Gasteiger partial charge in [0, 0.05) is 4.88 Å². The molecule has 0 saturated heterocycles. The zero-order chi connectivity index (χ0) is 18.8. The number of aryl methyl sites for hydroxylation is 2. The van der Waals surface area contributed by atoms with Crippen molar-refractivity contribution < 1.29 is 14.3 Å². The van der Waals surface area contributed by atoms with E-state index in [1.807, 2.05) is 6.92 Å². The van der Waals surface area contributed by atoms with Crippen LogP contribution in [0.5, 0.6) is 0 Å². The van der Waals surface area contributed by atoms with E-state index in [1.165, 1.54) is 27.6 Å². The van der Waals surface area contributed by atoms with Gasteiger partial charge in [0.05, 0.1) is 16.3 Å². The molecule has 0 fully saturated rings. The van der Waals surface area contributed by atoms with Gasteiger partial charge in [-0.05, 0) is 44.6 Å². The molecule has 0 saturated carbocycles. The number of carbonyl (C=O) groups excluding carboxylic acids is 2. The predicted octanol–water partition coefficient (Wildman–Crippen LogP) is 3.61. The van der Waals surface area contributed by atoms with Crippen LogP contribution in [0.4, 0.5) is 5.00 Å². The molecule has 0 spiro atoms.